The van der Waals surface area contributed by atoms with Crippen LogP contribution in [0.4, 0.5) is 0 Å². The molecule has 2 heterocycles. The molecule has 78 valence electrons. The Labute approximate surface area is 86.9 Å². The Morgan fingerprint density at radius 2 is 2.36 bits per heavy atom. The molecular weight excluding hydrogens is 172 g/mol. The Balaban J connectivity index is 2.11. The summed E-state index contributed by atoms with van der Waals surface area (Å²) in [5.74, 6) is 1.06. The van der Waals surface area contributed by atoms with Gasteiger partial charge < -0.3 is 0 Å². The molecule has 14 heavy (non-hydrogen) atoms. The van der Waals surface area contributed by atoms with Gasteiger partial charge in [-0.1, -0.05) is 13.8 Å². The van der Waals surface area contributed by atoms with E-state index in [0.29, 0.717) is 11.5 Å². The van der Waals surface area contributed by atoms with Gasteiger partial charge in [-0.3, -0.25) is 4.90 Å². The van der Waals surface area contributed by atoms with Crippen molar-refractivity contribution in [2.24, 2.45) is 11.8 Å². The van der Waals surface area contributed by atoms with Gasteiger partial charge in [0.25, 0.3) is 0 Å². The first-order valence-electron chi connectivity index (χ1n) is 5.81. The Bertz CT molecular complexity index is 254. The molecule has 2 heteroatoms. The second-order valence-electron chi connectivity index (χ2n) is 5.40. The zero-order chi connectivity index (χ0) is 10.2. The van der Waals surface area contributed by atoms with E-state index in [1.165, 1.54) is 25.8 Å². The number of nitriles is 1. The van der Waals surface area contributed by atoms with Crippen molar-refractivity contribution >= 4 is 0 Å². The summed E-state index contributed by atoms with van der Waals surface area (Å²) in [6.07, 6.45) is 5.07. The van der Waals surface area contributed by atoms with Crippen LogP contribution in [0.2, 0.25) is 0 Å². The van der Waals surface area contributed by atoms with Crippen LogP contribution in [-0.2, 0) is 0 Å². The van der Waals surface area contributed by atoms with Gasteiger partial charge in [0, 0.05) is 12.1 Å². The van der Waals surface area contributed by atoms with Crippen molar-refractivity contribution in [3.05, 3.63) is 0 Å². The maximum absolute atomic E-state index is 8.99. The van der Waals surface area contributed by atoms with Crippen LogP contribution in [0.15, 0.2) is 0 Å². The van der Waals surface area contributed by atoms with E-state index in [1.54, 1.807) is 0 Å². The number of hydrogen-bond acceptors (Lipinski definition) is 2. The minimum Gasteiger partial charge on any atom is -0.296 e. The van der Waals surface area contributed by atoms with Gasteiger partial charge in [-0.25, -0.2) is 0 Å². The molecule has 0 saturated carbocycles. The standard InChI is InChI=1S/C12H20N2/c1-10(2)6-12-4-3-5-14(12)9-11(7-12)8-13/h10-11H,3-7,9H2,1-2H3/t11-,12+/m0/s1. The number of fused-ring (bicyclic) bond motifs is 1. The summed E-state index contributed by atoms with van der Waals surface area (Å²) in [5.41, 5.74) is 0.411. The van der Waals surface area contributed by atoms with E-state index in [1.807, 2.05) is 0 Å². The van der Waals surface area contributed by atoms with Crippen LogP contribution in [-0.4, -0.2) is 23.5 Å². The lowest BCUT2D eigenvalue weighted by Crippen LogP contribution is -2.39. The summed E-state index contributed by atoms with van der Waals surface area (Å²) in [5, 5.41) is 8.99. The minimum absolute atomic E-state index is 0.300. The van der Waals surface area contributed by atoms with Gasteiger partial charge in [-0.05, 0) is 38.1 Å². The lowest BCUT2D eigenvalue weighted by molar-refractivity contribution is 0.163. The van der Waals surface area contributed by atoms with Gasteiger partial charge >= 0.3 is 0 Å². The van der Waals surface area contributed by atoms with Gasteiger partial charge in [-0.2, -0.15) is 5.26 Å². The molecule has 0 N–H and O–H groups in total. The molecule has 0 radical (unpaired) electrons. The van der Waals surface area contributed by atoms with E-state index in [9.17, 15) is 0 Å². The smallest absolute Gasteiger partial charge is 0.0670 e. The molecule has 2 saturated heterocycles. The highest BCUT2D eigenvalue weighted by Gasteiger charge is 2.48. The highest BCUT2D eigenvalue weighted by Crippen LogP contribution is 2.45. The molecule has 2 aliphatic heterocycles. The van der Waals surface area contributed by atoms with Gasteiger partial charge in [-0.15, -0.1) is 0 Å². The maximum Gasteiger partial charge on any atom is 0.0670 e. The molecule has 0 unspecified atom stereocenters. The van der Waals surface area contributed by atoms with E-state index >= 15 is 0 Å². The normalized spacial score (nSPS) is 37.4. The van der Waals surface area contributed by atoms with Crippen molar-refractivity contribution in [2.75, 3.05) is 13.1 Å². The van der Waals surface area contributed by atoms with Crippen LogP contribution >= 0.6 is 0 Å². The summed E-state index contributed by atoms with van der Waals surface area (Å²) in [6.45, 7) is 6.85. The van der Waals surface area contributed by atoms with Crippen LogP contribution in [0.25, 0.3) is 0 Å². The lowest BCUT2D eigenvalue weighted by atomic mass is 9.83. The van der Waals surface area contributed by atoms with Gasteiger partial charge in [0.1, 0.15) is 0 Å². The maximum atomic E-state index is 8.99. The van der Waals surface area contributed by atoms with Crippen LogP contribution < -0.4 is 0 Å². The summed E-state index contributed by atoms with van der Waals surface area (Å²) in [6, 6.07) is 2.45. The zero-order valence-electron chi connectivity index (χ0n) is 9.29. The van der Waals surface area contributed by atoms with Gasteiger partial charge in [0.05, 0.1) is 12.0 Å². The fraction of sp³-hybridized carbons (Fsp3) is 0.917. The first kappa shape index (κ1) is 9.98. The van der Waals surface area contributed by atoms with E-state index in [4.69, 9.17) is 5.26 Å². The van der Waals surface area contributed by atoms with Crippen LogP contribution in [0.5, 0.6) is 0 Å². The largest absolute Gasteiger partial charge is 0.296 e. The molecule has 2 nitrogen and oxygen atoms in total. The average molecular weight is 192 g/mol. The highest BCUT2D eigenvalue weighted by atomic mass is 15.2. The zero-order valence-corrected chi connectivity index (χ0v) is 9.29. The Morgan fingerprint density at radius 3 is 3.00 bits per heavy atom. The minimum atomic E-state index is 0.300. The van der Waals surface area contributed by atoms with Crippen LogP contribution in [0.3, 0.4) is 0 Å². The van der Waals surface area contributed by atoms with Crippen molar-refractivity contribution in [1.29, 1.82) is 5.26 Å². The highest BCUT2D eigenvalue weighted by molar-refractivity contribution is 5.08. The predicted octanol–water partition coefficient (Wildman–Crippen LogP) is 2.41. The summed E-state index contributed by atoms with van der Waals surface area (Å²) in [7, 11) is 0. The molecule has 0 aliphatic carbocycles. The molecule has 0 spiro atoms. The molecule has 0 amide bonds. The second-order valence-corrected chi connectivity index (χ2v) is 5.40. The van der Waals surface area contributed by atoms with E-state index in [2.05, 4.69) is 24.8 Å². The first-order chi connectivity index (χ1) is 6.66. The molecule has 0 aromatic heterocycles. The molecular formula is C12H20N2. The Kier molecular flexibility index (Phi) is 2.53. The molecule has 2 rings (SSSR count). The predicted molar refractivity (Wildman–Crippen MR) is 56.7 cm³/mol. The third-order valence-corrected chi connectivity index (χ3v) is 3.78. The number of nitrogens with zero attached hydrogens (tertiary/aromatic N) is 2. The average Bonchev–Trinajstić information content (AvgIpc) is 2.58. The lowest BCUT2D eigenvalue weighted by Gasteiger charge is -2.33. The quantitative estimate of drug-likeness (QED) is 0.672. The molecule has 2 atom stereocenters. The Morgan fingerprint density at radius 1 is 1.57 bits per heavy atom. The van der Waals surface area contributed by atoms with Crippen molar-refractivity contribution in [3.8, 4) is 6.07 Å². The summed E-state index contributed by atoms with van der Waals surface area (Å²) < 4.78 is 0. The van der Waals surface area contributed by atoms with Gasteiger partial charge in [0.2, 0.25) is 0 Å². The molecule has 2 fully saturated rings. The molecule has 0 aromatic carbocycles. The fourth-order valence-corrected chi connectivity index (χ4v) is 3.46. The third kappa shape index (κ3) is 1.54. The van der Waals surface area contributed by atoms with Crippen molar-refractivity contribution in [1.82, 2.24) is 4.90 Å². The van der Waals surface area contributed by atoms with Crippen LogP contribution in [0, 0.1) is 23.2 Å². The van der Waals surface area contributed by atoms with Crippen LogP contribution in [0.1, 0.15) is 39.5 Å². The number of rotatable bonds is 2. The van der Waals surface area contributed by atoms with E-state index in [0.717, 1.165) is 18.9 Å². The van der Waals surface area contributed by atoms with Crippen molar-refractivity contribution in [3.63, 3.8) is 0 Å². The summed E-state index contributed by atoms with van der Waals surface area (Å²) >= 11 is 0. The molecule has 0 aromatic rings. The van der Waals surface area contributed by atoms with E-state index < -0.39 is 0 Å². The first-order valence-corrected chi connectivity index (χ1v) is 5.81. The van der Waals surface area contributed by atoms with Gasteiger partial charge in [0.15, 0.2) is 0 Å². The topological polar surface area (TPSA) is 27.0 Å². The SMILES string of the molecule is CC(C)C[C@@]12CCCN1C[C@H](C#N)C2. The van der Waals surface area contributed by atoms with Crippen molar-refractivity contribution in [2.45, 2.75) is 45.1 Å². The van der Waals surface area contributed by atoms with Crippen molar-refractivity contribution < 1.29 is 0 Å². The monoisotopic (exact) mass is 192 g/mol. The summed E-state index contributed by atoms with van der Waals surface area (Å²) in [4.78, 5) is 2.58. The fourth-order valence-electron chi connectivity index (χ4n) is 3.46. The van der Waals surface area contributed by atoms with E-state index in [-0.39, 0.29) is 0 Å². The third-order valence-electron chi connectivity index (χ3n) is 3.78. The molecule has 2 aliphatic rings. The Hall–Kier alpha value is -0.550. The number of hydrogen-bond donors (Lipinski definition) is 0. The second kappa shape index (κ2) is 3.55. The molecule has 0 bridgehead atoms.